The zero-order chi connectivity index (χ0) is 14.7. The molecule has 0 aromatic carbocycles. The number of sulfonamides is 1. The van der Waals surface area contributed by atoms with E-state index >= 15 is 0 Å². The van der Waals surface area contributed by atoms with E-state index in [4.69, 9.17) is 5.11 Å². The molecule has 0 spiro atoms. The molecule has 112 valence electrons. The highest BCUT2D eigenvalue weighted by atomic mass is 32.2. The van der Waals surface area contributed by atoms with Gasteiger partial charge in [0.2, 0.25) is 10.0 Å². The topological polar surface area (TPSA) is 83.5 Å². The first-order valence-electron chi connectivity index (χ1n) is 6.87. The Hall–Kier alpha value is -0.620. The highest BCUT2D eigenvalue weighted by Gasteiger charge is 2.35. The Morgan fingerprint density at radius 2 is 1.79 bits per heavy atom. The smallest absolute Gasteiger partial charge is 0.304 e. The van der Waals surface area contributed by atoms with Gasteiger partial charge in [-0.3, -0.25) is 4.79 Å². The first kappa shape index (κ1) is 16.4. The lowest BCUT2D eigenvalue weighted by Crippen LogP contribution is -2.48. The third-order valence-corrected chi connectivity index (χ3v) is 5.95. The quantitative estimate of drug-likeness (QED) is 0.812. The third-order valence-electron chi connectivity index (χ3n) is 3.73. The van der Waals surface area contributed by atoms with Crippen LogP contribution in [0.3, 0.4) is 0 Å². The third kappa shape index (κ3) is 4.76. The van der Waals surface area contributed by atoms with Crippen LogP contribution in [0.5, 0.6) is 0 Å². The summed E-state index contributed by atoms with van der Waals surface area (Å²) in [4.78, 5) is 11.0. The van der Waals surface area contributed by atoms with E-state index in [1.54, 1.807) is 20.8 Å². The molecule has 1 fully saturated rings. The lowest BCUT2D eigenvalue weighted by Gasteiger charge is -2.32. The number of hydrogen-bond donors (Lipinski definition) is 2. The number of carboxylic acid groups (broad SMARTS) is 1. The highest BCUT2D eigenvalue weighted by molar-refractivity contribution is 7.90. The molecule has 6 heteroatoms. The van der Waals surface area contributed by atoms with E-state index < -0.39 is 26.8 Å². The molecule has 1 aliphatic carbocycles. The van der Waals surface area contributed by atoms with Crippen molar-refractivity contribution in [3.63, 3.8) is 0 Å². The second kappa shape index (κ2) is 6.22. The zero-order valence-electron chi connectivity index (χ0n) is 12.0. The van der Waals surface area contributed by atoms with E-state index in [9.17, 15) is 13.2 Å². The van der Waals surface area contributed by atoms with Crippen molar-refractivity contribution in [2.75, 3.05) is 0 Å². The van der Waals surface area contributed by atoms with Gasteiger partial charge in [0.15, 0.2) is 0 Å². The van der Waals surface area contributed by atoms with Gasteiger partial charge in [-0.25, -0.2) is 13.1 Å². The second-order valence-electron chi connectivity index (χ2n) is 6.34. The van der Waals surface area contributed by atoms with Crippen molar-refractivity contribution < 1.29 is 18.3 Å². The van der Waals surface area contributed by atoms with Crippen molar-refractivity contribution >= 4 is 16.0 Å². The Labute approximate surface area is 115 Å². The Balaban J connectivity index is 2.82. The summed E-state index contributed by atoms with van der Waals surface area (Å²) in [5.74, 6) is -0.811. The molecule has 0 unspecified atom stereocenters. The molecule has 19 heavy (non-hydrogen) atoms. The van der Waals surface area contributed by atoms with Crippen LogP contribution in [-0.4, -0.2) is 30.3 Å². The fourth-order valence-corrected chi connectivity index (χ4v) is 3.43. The largest absolute Gasteiger partial charge is 0.481 e. The maximum atomic E-state index is 12.2. The van der Waals surface area contributed by atoms with Gasteiger partial charge >= 0.3 is 5.97 Å². The molecule has 0 aromatic rings. The van der Waals surface area contributed by atoms with Crippen LogP contribution >= 0.6 is 0 Å². The lowest BCUT2D eigenvalue weighted by atomic mass is 9.83. The predicted molar refractivity (Wildman–Crippen MR) is 74.4 cm³/mol. The molecule has 0 amide bonds. The first-order chi connectivity index (χ1) is 8.63. The molecular weight excluding hydrogens is 266 g/mol. The Morgan fingerprint density at radius 3 is 2.21 bits per heavy atom. The van der Waals surface area contributed by atoms with Crippen LogP contribution < -0.4 is 4.72 Å². The van der Waals surface area contributed by atoms with Gasteiger partial charge in [-0.1, -0.05) is 19.3 Å². The molecule has 0 saturated heterocycles. The van der Waals surface area contributed by atoms with Crippen LogP contribution in [-0.2, 0) is 14.8 Å². The molecule has 1 atom stereocenters. The average Bonchev–Trinajstić information content (AvgIpc) is 2.27. The number of nitrogens with one attached hydrogen (secondary N) is 1. The van der Waals surface area contributed by atoms with Crippen molar-refractivity contribution in [1.82, 2.24) is 4.72 Å². The summed E-state index contributed by atoms with van der Waals surface area (Å²) in [6, 6.07) is -0.484. The lowest BCUT2D eigenvalue weighted by molar-refractivity contribution is -0.137. The van der Waals surface area contributed by atoms with Crippen LogP contribution in [0.2, 0.25) is 0 Å². The van der Waals surface area contributed by atoms with E-state index in [1.165, 1.54) is 0 Å². The molecule has 1 rings (SSSR count). The summed E-state index contributed by atoms with van der Waals surface area (Å²) < 4.78 is 26.1. The van der Waals surface area contributed by atoms with Gasteiger partial charge in [0.1, 0.15) is 0 Å². The van der Waals surface area contributed by atoms with Crippen LogP contribution in [0.1, 0.15) is 59.3 Å². The number of rotatable bonds is 5. The molecule has 5 nitrogen and oxygen atoms in total. The molecule has 0 radical (unpaired) electrons. The molecule has 1 aliphatic rings. The van der Waals surface area contributed by atoms with Crippen molar-refractivity contribution in [3.05, 3.63) is 0 Å². The van der Waals surface area contributed by atoms with Crippen LogP contribution in [0.15, 0.2) is 0 Å². The number of aliphatic carboxylic acids is 1. The summed E-state index contributed by atoms with van der Waals surface area (Å²) in [6.07, 6.45) is 4.94. The minimum absolute atomic E-state index is 0.139. The zero-order valence-corrected chi connectivity index (χ0v) is 12.8. The van der Waals surface area contributed by atoms with Crippen LogP contribution in [0.25, 0.3) is 0 Å². The van der Waals surface area contributed by atoms with Gasteiger partial charge in [-0.15, -0.1) is 0 Å². The number of carboxylic acids is 1. The van der Waals surface area contributed by atoms with Gasteiger partial charge in [0.05, 0.1) is 11.2 Å². The molecule has 0 aliphatic heterocycles. The summed E-state index contributed by atoms with van der Waals surface area (Å²) in [6.45, 7) is 4.86. The monoisotopic (exact) mass is 291 g/mol. The minimum atomic E-state index is -3.51. The summed E-state index contributed by atoms with van der Waals surface area (Å²) >= 11 is 0. The Morgan fingerprint density at radius 1 is 1.26 bits per heavy atom. The van der Waals surface area contributed by atoms with Gasteiger partial charge in [-0.05, 0) is 39.5 Å². The second-order valence-corrected chi connectivity index (χ2v) is 8.80. The summed E-state index contributed by atoms with van der Waals surface area (Å²) in [5, 5.41) is 8.98. The van der Waals surface area contributed by atoms with Crippen molar-refractivity contribution in [2.24, 2.45) is 5.92 Å². The van der Waals surface area contributed by atoms with Gasteiger partial charge in [-0.2, -0.15) is 0 Å². The van der Waals surface area contributed by atoms with Gasteiger partial charge in [0, 0.05) is 6.04 Å². The number of hydrogen-bond acceptors (Lipinski definition) is 3. The molecule has 1 saturated carbocycles. The molecule has 0 heterocycles. The SMILES string of the molecule is CC(C)(C)S(=O)(=O)N[C@H](CC(=O)O)C1CCCCC1. The maximum absolute atomic E-state index is 12.2. The highest BCUT2D eigenvalue weighted by Crippen LogP contribution is 2.29. The predicted octanol–water partition coefficient (Wildman–Crippen LogP) is 2.13. The van der Waals surface area contributed by atoms with E-state index in [0.29, 0.717) is 0 Å². The van der Waals surface area contributed by atoms with Gasteiger partial charge < -0.3 is 5.11 Å². The molecule has 0 bridgehead atoms. The van der Waals surface area contributed by atoms with Crippen molar-refractivity contribution in [3.8, 4) is 0 Å². The summed E-state index contributed by atoms with van der Waals surface area (Å²) in [5.41, 5.74) is 0. The Bertz CT molecular complexity index is 405. The fourth-order valence-electron chi connectivity index (χ4n) is 2.41. The van der Waals surface area contributed by atoms with E-state index in [2.05, 4.69) is 4.72 Å². The summed E-state index contributed by atoms with van der Waals surface area (Å²) in [7, 11) is -3.51. The van der Waals surface area contributed by atoms with E-state index in [-0.39, 0.29) is 12.3 Å². The first-order valence-corrected chi connectivity index (χ1v) is 8.35. The molecule has 0 aromatic heterocycles. The van der Waals surface area contributed by atoms with Crippen molar-refractivity contribution in [1.29, 1.82) is 0 Å². The molecular formula is C13H25NO4S. The van der Waals surface area contributed by atoms with Gasteiger partial charge in [0.25, 0.3) is 0 Å². The van der Waals surface area contributed by atoms with Crippen molar-refractivity contribution in [2.45, 2.75) is 70.1 Å². The normalized spacial score (nSPS) is 20.2. The van der Waals surface area contributed by atoms with Crippen LogP contribution in [0.4, 0.5) is 0 Å². The van der Waals surface area contributed by atoms with Crippen LogP contribution in [0, 0.1) is 5.92 Å². The standard InChI is InChI=1S/C13H25NO4S/c1-13(2,3)19(17,18)14-11(9-12(15)16)10-7-5-4-6-8-10/h10-11,14H,4-9H2,1-3H3,(H,15,16)/t11-/m1/s1. The average molecular weight is 291 g/mol. The fraction of sp³-hybridized carbons (Fsp3) is 0.923. The van der Waals surface area contributed by atoms with E-state index in [0.717, 1.165) is 32.1 Å². The Kier molecular flexibility index (Phi) is 5.38. The minimum Gasteiger partial charge on any atom is -0.481 e. The van der Waals surface area contributed by atoms with E-state index in [1.807, 2.05) is 0 Å². The number of carbonyl (C=O) groups is 1. The molecule has 2 N–H and O–H groups in total. The maximum Gasteiger partial charge on any atom is 0.304 e.